The zero-order chi connectivity index (χ0) is 23.4. The molecule has 4 N–H and O–H groups in total. The second-order valence-electron chi connectivity index (χ2n) is 7.47. The van der Waals surface area contributed by atoms with E-state index in [-0.39, 0.29) is 6.42 Å². The first kappa shape index (κ1) is 21.9. The van der Waals surface area contributed by atoms with Gasteiger partial charge in [-0.3, -0.25) is 14.8 Å². The SMILES string of the molecule is COc1ccc(-c2cc(-c3ccccc3)n(-c3cccc(CC(=O)NO)c3)c2C(N)=O)cc1. The normalized spacial score (nSPS) is 10.6. The van der Waals surface area contributed by atoms with Gasteiger partial charge in [-0.2, -0.15) is 0 Å². The number of benzene rings is 3. The minimum Gasteiger partial charge on any atom is -0.497 e. The Bertz CT molecular complexity index is 1300. The fraction of sp³-hybridized carbons (Fsp3) is 0.0769. The number of methoxy groups -OCH3 is 1. The largest absolute Gasteiger partial charge is 0.497 e. The highest BCUT2D eigenvalue weighted by Crippen LogP contribution is 2.36. The second kappa shape index (κ2) is 9.42. The van der Waals surface area contributed by atoms with Crippen LogP contribution in [-0.4, -0.2) is 28.7 Å². The van der Waals surface area contributed by atoms with Crippen molar-refractivity contribution in [3.8, 4) is 33.8 Å². The molecule has 0 radical (unpaired) electrons. The molecule has 3 aromatic carbocycles. The maximum atomic E-state index is 12.7. The predicted octanol–water partition coefficient (Wildman–Crippen LogP) is 3.97. The highest BCUT2D eigenvalue weighted by atomic mass is 16.5. The average Bonchev–Trinajstić information content (AvgIpc) is 3.26. The third-order valence-electron chi connectivity index (χ3n) is 5.36. The molecule has 0 aliphatic heterocycles. The Labute approximate surface area is 191 Å². The average molecular weight is 441 g/mol. The number of rotatable bonds is 7. The third-order valence-corrected chi connectivity index (χ3v) is 5.36. The van der Waals surface area contributed by atoms with E-state index >= 15 is 0 Å². The van der Waals surface area contributed by atoms with E-state index in [0.717, 1.165) is 16.8 Å². The summed E-state index contributed by atoms with van der Waals surface area (Å²) in [5.74, 6) is -0.407. The fourth-order valence-corrected chi connectivity index (χ4v) is 3.86. The van der Waals surface area contributed by atoms with Gasteiger partial charge in [0, 0.05) is 11.3 Å². The van der Waals surface area contributed by atoms with E-state index in [1.807, 2.05) is 66.7 Å². The zero-order valence-corrected chi connectivity index (χ0v) is 18.0. The highest BCUT2D eigenvalue weighted by Gasteiger charge is 2.23. The smallest absolute Gasteiger partial charge is 0.266 e. The molecule has 166 valence electrons. The van der Waals surface area contributed by atoms with Crippen LogP contribution < -0.4 is 16.0 Å². The van der Waals surface area contributed by atoms with Crippen molar-refractivity contribution in [2.24, 2.45) is 5.73 Å². The Morgan fingerprint density at radius 1 is 0.939 bits per heavy atom. The maximum absolute atomic E-state index is 12.7. The van der Waals surface area contributed by atoms with Crippen molar-refractivity contribution in [2.75, 3.05) is 7.11 Å². The number of primary amides is 1. The molecule has 1 aromatic heterocycles. The number of hydrogen-bond acceptors (Lipinski definition) is 4. The van der Waals surface area contributed by atoms with Gasteiger partial charge in [-0.1, -0.05) is 54.6 Å². The van der Waals surface area contributed by atoms with Crippen molar-refractivity contribution in [3.05, 3.63) is 96.2 Å². The Hall–Kier alpha value is -4.36. The van der Waals surface area contributed by atoms with Crippen molar-refractivity contribution in [1.29, 1.82) is 0 Å². The first-order valence-corrected chi connectivity index (χ1v) is 10.3. The van der Waals surface area contributed by atoms with Crippen molar-refractivity contribution in [2.45, 2.75) is 6.42 Å². The van der Waals surface area contributed by atoms with E-state index in [4.69, 9.17) is 15.7 Å². The number of ether oxygens (including phenoxy) is 1. The molecule has 7 heteroatoms. The number of hydroxylamine groups is 1. The van der Waals surface area contributed by atoms with Gasteiger partial charge >= 0.3 is 0 Å². The second-order valence-corrected chi connectivity index (χ2v) is 7.47. The molecule has 0 aliphatic carbocycles. The Kier molecular flexibility index (Phi) is 6.24. The van der Waals surface area contributed by atoms with E-state index in [1.165, 1.54) is 0 Å². The number of nitrogens with two attached hydrogens (primary N) is 1. The lowest BCUT2D eigenvalue weighted by atomic mass is 10.0. The van der Waals surface area contributed by atoms with Gasteiger partial charge in [0.15, 0.2) is 0 Å². The molecule has 0 spiro atoms. The van der Waals surface area contributed by atoms with Gasteiger partial charge in [0.2, 0.25) is 5.91 Å². The summed E-state index contributed by atoms with van der Waals surface area (Å²) in [6.45, 7) is 0. The van der Waals surface area contributed by atoms with Crippen LogP contribution in [0.25, 0.3) is 28.1 Å². The quantitative estimate of drug-likeness (QED) is 0.298. The monoisotopic (exact) mass is 441 g/mol. The summed E-state index contributed by atoms with van der Waals surface area (Å²) < 4.78 is 7.06. The molecule has 4 aromatic rings. The molecule has 4 rings (SSSR count). The molecule has 0 saturated heterocycles. The van der Waals surface area contributed by atoms with Crippen LogP contribution in [0, 0.1) is 0 Å². The van der Waals surface area contributed by atoms with Crippen LogP contribution in [0.15, 0.2) is 84.9 Å². The topological polar surface area (TPSA) is 107 Å². The van der Waals surface area contributed by atoms with E-state index in [2.05, 4.69) is 0 Å². The van der Waals surface area contributed by atoms with Crippen LogP contribution in [0.1, 0.15) is 16.1 Å². The molecule has 0 fully saturated rings. The van der Waals surface area contributed by atoms with Gasteiger partial charge in [0.1, 0.15) is 11.4 Å². The molecule has 2 amide bonds. The number of carbonyl (C=O) groups excluding carboxylic acids is 2. The molecule has 0 atom stereocenters. The Balaban J connectivity index is 1.96. The number of aromatic nitrogens is 1. The van der Waals surface area contributed by atoms with E-state index in [1.54, 1.807) is 35.4 Å². The summed E-state index contributed by atoms with van der Waals surface area (Å²) in [5.41, 5.74) is 12.4. The number of hydrogen-bond donors (Lipinski definition) is 3. The molecule has 1 heterocycles. The number of nitrogens with one attached hydrogen (secondary N) is 1. The van der Waals surface area contributed by atoms with Crippen LogP contribution in [0.2, 0.25) is 0 Å². The van der Waals surface area contributed by atoms with E-state index in [0.29, 0.717) is 28.3 Å². The van der Waals surface area contributed by atoms with Gasteiger partial charge in [-0.25, -0.2) is 5.48 Å². The fourth-order valence-electron chi connectivity index (χ4n) is 3.86. The third kappa shape index (κ3) is 4.49. The van der Waals surface area contributed by atoms with Crippen LogP contribution in [-0.2, 0) is 11.2 Å². The molecular weight excluding hydrogens is 418 g/mol. The standard InChI is InChI=1S/C26H23N3O4/c1-33-21-12-10-18(11-13-21)22-16-23(19-7-3-2-4-8-19)29(25(22)26(27)31)20-9-5-6-17(14-20)15-24(30)28-32/h2-14,16,32H,15H2,1H3,(H2,27,31)(H,28,30). The summed E-state index contributed by atoms with van der Waals surface area (Å²) in [6, 6.07) is 26.2. The maximum Gasteiger partial charge on any atom is 0.266 e. The summed E-state index contributed by atoms with van der Waals surface area (Å²) in [7, 11) is 1.60. The van der Waals surface area contributed by atoms with Crippen molar-refractivity contribution in [1.82, 2.24) is 10.0 Å². The molecule has 0 saturated carbocycles. The van der Waals surface area contributed by atoms with Crippen molar-refractivity contribution < 1.29 is 19.5 Å². The van der Waals surface area contributed by atoms with Gasteiger partial charge in [-0.15, -0.1) is 0 Å². The van der Waals surface area contributed by atoms with Gasteiger partial charge < -0.3 is 15.0 Å². The lowest BCUT2D eigenvalue weighted by Gasteiger charge is -2.14. The summed E-state index contributed by atoms with van der Waals surface area (Å²) in [5, 5.41) is 8.88. The molecule has 33 heavy (non-hydrogen) atoms. The number of amides is 2. The minimum absolute atomic E-state index is 0.0104. The Morgan fingerprint density at radius 2 is 1.67 bits per heavy atom. The molecule has 0 bridgehead atoms. The van der Waals surface area contributed by atoms with Gasteiger partial charge in [0.05, 0.1) is 19.2 Å². The van der Waals surface area contributed by atoms with Crippen molar-refractivity contribution >= 4 is 11.8 Å². The lowest BCUT2D eigenvalue weighted by molar-refractivity contribution is -0.128. The van der Waals surface area contributed by atoms with Gasteiger partial charge in [0.25, 0.3) is 5.91 Å². The highest BCUT2D eigenvalue weighted by molar-refractivity contribution is 6.01. The van der Waals surface area contributed by atoms with Gasteiger partial charge in [-0.05, 0) is 47.0 Å². The summed E-state index contributed by atoms with van der Waals surface area (Å²) in [4.78, 5) is 24.4. The minimum atomic E-state index is -0.582. The van der Waals surface area contributed by atoms with Crippen LogP contribution in [0.3, 0.4) is 0 Å². The Morgan fingerprint density at radius 3 is 2.30 bits per heavy atom. The number of carbonyl (C=O) groups is 2. The summed E-state index contributed by atoms with van der Waals surface area (Å²) >= 11 is 0. The summed E-state index contributed by atoms with van der Waals surface area (Å²) in [6.07, 6.45) is -0.0104. The molecule has 7 nitrogen and oxygen atoms in total. The van der Waals surface area contributed by atoms with Crippen molar-refractivity contribution in [3.63, 3.8) is 0 Å². The first-order valence-electron chi connectivity index (χ1n) is 10.3. The van der Waals surface area contributed by atoms with Crippen LogP contribution >= 0.6 is 0 Å². The lowest BCUT2D eigenvalue weighted by Crippen LogP contribution is -2.21. The number of nitrogens with zero attached hydrogens (tertiary/aromatic N) is 1. The van der Waals surface area contributed by atoms with Crippen LogP contribution in [0.4, 0.5) is 0 Å². The zero-order valence-electron chi connectivity index (χ0n) is 18.0. The molecule has 0 aliphatic rings. The predicted molar refractivity (Wildman–Crippen MR) is 125 cm³/mol. The first-order chi connectivity index (χ1) is 16.0. The molecule has 0 unspecified atom stereocenters. The molecular formula is C26H23N3O4. The van der Waals surface area contributed by atoms with Crippen LogP contribution in [0.5, 0.6) is 5.75 Å². The van der Waals surface area contributed by atoms with E-state index in [9.17, 15) is 9.59 Å². The van der Waals surface area contributed by atoms with E-state index < -0.39 is 11.8 Å².